The van der Waals surface area contributed by atoms with E-state index in [9.17, 15) is 9.59 Å². The Kier molecular flexibility index (Phi) is 9.10. The number of hydrogen-bond acceptors (Lipinski definition) is 7. The van der Waals surface area contributed by atoms with Crippen LogP contribution in [-0.2, 0) is 0 Å². The van der Waals surface area contributed by atoms with Crippen LogP contribution in [0.15, 0.2) is 76.7 Å². The van der Waals surface area contributed by atoms with E-state index < -0.39 is 0 Å². The fourth-order valence-corrected chi connectivity index (χ4v) is 3.93. The van der Waals surface area contributed by atoms with Gasteiger partial charge in [-0.15, -0.1) is 24.8 Å². The molecule has 0 bridgehead atoms. The van der Waals surface area contributed by atoms with Crippen molar-refractivity contribution in [3.8, 4) is 0 Å². The summed E-state index contributed by atoms with van der Waals surface area (Å²) in [6.45, 7) is 3.19. The molecule has 3 aromatic carbocycles. The summed E-state index contributed by atoms with van der Waals surface area (Å²) < 4.78 is 0. The molecule has 11 heteroatoms. The summed E-state index contributed by atoms with van der Waals surface area (Å²) in [5, 5.41) is 12.1. The van der Waals surface area contributed by atoms with Crippen LogP contribution in [0.5, 0.6) is 0 Å². The van der Waals surface area contributed by atoms with Gasteiger partial charge in [0, 0.05) is 52.4 Å². The standard InChI is InChI=1S/C26H25N7O2.2ClH/c27-20-14-18(25(34)32-21-5-1-16(2-6-21)23-28-9-10-29-23)13-19(15-20)26(35)33-22-7-3-17(4-8-22)24-30-11-12-31-24;;/h1-8,13-15H,9-12,27H2,(H,28,29)(H,30,31)(H,32,34)(H,33,35);2*1H. The minimum atomic E-state index is -0.357. The number of halogens is 2. The largest absolute Gasteiger partial charge is 0.399 e. The van der Waals surface area contributed by atoms with Crippen molar-refractivity contribution in [1.29, 1.82) is 0 Å². The molecule has 0 saturated heterocycles. The van der Waals surface area contributed by atoms with Gasteiger partial charge in [-0.2, -0.15) is 0 Å². The molecule has 2 amide bonds. The van der Waals surface area contributed by atoms with E-state index in [1.54, 1.807) is 12.1 Å². The Morgan fingerprint density at radius 2 is 1.08 bits per heavy atom. The summed E-state index contributed by atoms with van der Waals surface area (Å²) in [5.74, 6) is 0.996. The molecule has 6 N–H and O–H groups in total. The molecule has 0 saturated carbocycles. The number of benzene rings is 3. The first-order valence-corrected chi connectivity index (χ1v) is 11.4. The van der Waals surface area contributed by atoms with Crippen molar-refractivity contribution >= 4 is 65.4 Å². The van der Waals surface area contributed by atoms with Crippen molar-refractivity contribution in [2.75, 3.05) is 42.5 Å². The van der Waals surface area contributed by atoms with Gasteiger partial charge in [-0.3, -0.25) is 19.6 Å². The third-order valence-electron chi connectivity index (χ3n) is 5.66. The maximum Gasteiger partial charge on any atom is 0.255 e. The van der Waals surface area contributed by atoms with E-state index in [1.165, 1.54) is 6.07 Å². The zero-order chi connectivity index (χ0) is 24.2. The molecule has 192 valence electrons. The van der Waals surface area contributed by atoms with E-state index in [1.807, 2.05) is 48.5 Å². The van der Waals surface area contributed by atoms with Crippen molar-refractivity contribution in [3.63, 3.8) is 0 Å². The van der Waals surface area contributed by atoms with Gasteiger partial charge in [-0.25, -0.2) is 0 Å². The Labute approximate surface area is 226 Å². The number of amides is 2. The molecule has 0 atom stereocenters. The number of carbonyl (C=O) groups excluding carboxylic acids is 2. The Bertz CT molecular complexity index is 1240. The van der Waals surface area contributed by atoms with Crippen LogP contribution in [0.4, 0.5) is 17.1 Å². The summed E-state index contributed by atoms with van der Waals surface area (Å²) in [6.07, 6.45) is 0. The van der Waals surface area contributed by atoms with Crippen LogP contribution < -0.4 is 27.0 Å². The number of anilines is 3. The topological polar surface area (TPSA) is 133 Å². The molecule has 37 heavy (non-hydrogen) atoms. The molecular formula is C26H27Cl2N7O2. The lowest BCUT2D eigenvalue weighted by molar-refractivity contribution is 0.102. The molecule has 0 spiro atoms. The van der Waals surface area contributed by atoms with E-state index in [0.29, 0.717) is 28.2 Å². The number of amidine groups is 2. The second-order valence-electron chi connectivity index (χ2n) is 8.22. The summed E-state index contributed by atoms with van der Waals surface area (Å²) >= 11 is 0. The first-order chi connectivity index (χ1) is 17.0. The lowest BCUT2D eigenvalue weighted by Gasteiger charge is -2.11. The van der Waals surface area contributed by atoms with Gasteiger partial charge >= 0.3 is 0 Å². The molecule has 3 aromatic rings. The summed E-state index contributed by atoms with van der Waals surface area (Å²) in [5.41, 5.74) is 10.1. The summed E-state index contributed by atoms with van der Waals surface area (Å²) in [4.78, 5) is 34.5. The average Bonchev–Trinajstić information content (AvgIpc) is 3.60. The van der Waals surface area contributed by atoms with Crippen LogP contribution in [-0.4, -0.2) is 49.7 Å². The molecule has 0 fully saturated rings. The Morgan fingerprint density at radius 3 is 1.43 bits per heavy atom. The Balaban J connectivity index is 0.00000190. The first-order valence-electron chi connectivity index (χ1n) is 11.4. The van der Waals surface area contributed by atoms with Crippen molar-refractivity contribution in [3.05, 3.63) is 89.0 Å². The molecule has 2 aliphatic heterocycles. The normalized spacial score (nSPS) is 13.6. The highest BCUT2D eigenvalue weighted by atomic mass is 35.5. The Morgan fingerprint density at radius 1 is 0.676 bits per heavy atom. The van der Waals surface area contributed by atoms with Gasteiger partial charge in [0.25, 0.3) is 11.8 Å². The SMILES string of the molecule is Cl.Cl.Nc1cc(C(=O)Nc2ccc(C3=NCCN3)cc2)cc(C(=O)Nc2ccc(C3=NCCN3)cc2)c1. The minimum absolute atomic E-state index is 0. The number of rotatable bonds is 6. The van der Waals surface area contributed by atoms with E-state index in [0.717, 1.165) is 49.0 Å². The number of nitrogen functional groups attached to an aromatic ring is 1. The summed E-state index contributed by atoms with van der Waals surface area (Å²) in [6, 6.07) is 19.4. The fourth-order valence-electron chi connectivity index (χ4n) is 3.93. The van der Waals surface area contributed by atoms with Gasteiger partial charge in [0.15, 0.2) is 0 Å². The quantitative estimate of drug-likeness (QED) is 0.306. The number of hydrogen-bond donors (Lipinski definition) is 5. The second kappa shape index (κ2) is 12.2. The average molecular weight is 540 g/mol. The van der Waals surface area contributed by atoms with Crippen LogP contribution >= 0.6 is 24.8 Å². The van der Waals surface area contributed by atoms with Crippen LogP contribution in [0.2, 0.25) is 0 Å². The molecule has 9 nitrogen and oxygen atoms in total. The lowest BCUT2D eigenvalue weighted by atomic mass is 10.1. The zero-order valence-corrected chi connectivity index (χ0v) is 21.4. The van der Waals surface area contributed by atoms with Crippen molar-refractivity contribution in [1.82, 2.24) is 10.6 Å². The predicted octanol–water partition coefficient (Wildman–Crippen LogP) is 3.32. The van der Waals surface area contributed by atoms with E-state index in [2.05, 4.69) is 31.3 Å². The molecule has 0 aromatic heterocycles. The fraction of sp³-hybridized carbons (Fsp3) is 0.154. The van der Waals surface area contributed by atoms with Gasteiger partial charge in [0.1, 0.15) is 11.7 Å². The number of nitrogens with zero attached hydrogens (tertiary/aromatic N) is 2. The predicted molar refractivity (Wildman–Crippen MR) is 153 cm³/mol. The number of carbonyl (C=O) groups is 2. The van der Waals surface area contributed by atoms with Crippen molar-refractivity contribution in [2.24, 2.45) is 9.98 Å². The molecule has 0 aliphatic carbocycles. The van der Waals surface area contributed by atoms with Crippen LogP contribution in [0.1, 0.15) is 31.8 Å². The molecular weight excluding hydrogens is 513 g/mol. The maximum atomic E-state index is 12.9. The van der Waals surface area contributed by atoms with E-state index in [-0.39, 0.29) is 36.6 Å². The minimum Gasteiger partial charge on any atom is -0.399 e. The van der Waals surface area contributed by atoms with Gasteiger partial charge < -0.3 is 27.0 Å². The summed E-state index contributed by atoms with van der Waals surface area (Å²) in [7, 11) is 0. The molecule has 0 radical (unpaired) electrons. The number of nitrogens with two attached hydrogens (primary N) is 1. The number of nitrogens with one attached hydrogen (secondary N) is 4. The lowest BCUT2D eigenvalue weighted by Crippen LogP contribution is -2.19. The zero-order valence-electron chi connectivity index (χ0n) is 19.8. The smallest absolute Gasteiger partial charge is 0.255 e. The molecule has 0 unspecified atom stereocenters. The monoisotopic (exact) mass is 539 g/mol. The third kappa shape index (κ3) is 6.58. The van der Waals surface area contributed by atoms with E-state index >= 15 is 0 Å². The van der Waals surface area contributed by atoms with E-state index in [4.69, 9.17) is 5.73 Å². The molecule has 5 rings (SSSR count). The highest BCUT2D eigenvalue weighted by Gasteiger charge is 2.15. The van der Waals surface area contributed by atoms with Crippen LogP contribution in [0.3, 0.4) is 0 Å². The Hall–Kier alpha value is -4.08. The highest BCUT2D eigenvalue weighted by molar-refractivity contribution is 6.10. The van der Waals surface area contributed by atoms with Crippen molar-refractivity contribution in [2.45, 2.75) is 0 Å². The third-order valence-corrected chi connectivity index (χ3v) is 5.66. The van der Waals surface area contributed by atoms with Gasteiger partial charge in [0.2, 0.25) is 0 Å². The van der Waals surface area contributed by atoms with Gasteiger partial charge in [0.05, 0.1) is 13.1 Å². The van der Waals surface area contributed by atoms with Crippen molar-refractivity contribution < 1.29 is 9.59 Å². The van der Waals surface area contributed by atoms with Gasteiger partial charge in [-0.1, -0.05) is 0 Å². The van der Waals surface area contributed by atoms with Crippen LogP contribution in [0.25, 0.3) is 0 Å². The first kappa shape index (κ1) is 27.5. The number of aliphatic imine (C=N–C) groups is 2. The maximum absolute atomic E-state index is 12.9. The molecule has 2 heterocycles. The molecule has 2 aliphatic rings. The van der Waals surface area contributed by atoms with Crippen LogP contribution in [0, 0.1) is 0 Å². The highest BCUT2D eigenvalue weighted by Crippen LogP contribution is 2.18. The second-order valence-corrected chi connectivity index (χ2v) is 8.22. The van der Waals surface area contributed by atoms with Gasteiger partial charge in [-0.05, 0) is 66.7 Å².